The Hall–Kier alpha value is -1.18. The summed E-state index contributed by atoms with van der Waals surface area (Å²) in [6, 6.07) is 9.66. The molecule has 134 valence electrons. The highest BCUT2D eigenvalue weighted by Gasteiger charge is 2.48. The number of hydrazine groups is 1. The molecule has 2 atom stereocenters. The van der Waals surface area contributed by atoms with Crippen molar-refractivity contribution in [2.75, 3.05) is 19.8 Å². The molecule has 1 N–H and O–H groups in total. The highest BCUT2D eigenvalue weighted by Crippen LogP contribution is 2.37. The van der Waals surface area contributed by atoms with E-state index in [2.05, 4.69) is 12.6 Å². The topological polar surface area (TPSA) is 60.9 Å². The maximum Gasteiger partial charge on any atom is 0.341 e. The average molecular weight is 371 g/mol. The Kier molecular flexibility index (Phi) is 8.12. The summed E-state index contributed by atoms with van der Waals surface area (Å²) in [7, 11) is 3.39. The van der Waals surface area contributed by atoms with Crippen molar-refractivity contribution in [3.63, 3.8) is 0 Å². The number of thiol groups is 1. The van der Waals surface area contributed by atoms with Crippen molar-refractivity contribution in [3.05, 3.63) is 35.9 Å². The minimum atomic E-state index is -1.35. The van der Waals surface area contributed by atoms with E-state index in [1.54, 1.807) is 33.0 Å². The van der Waals surface area contributed by atoms with Crippen LogP contribution in [0.1, 0.15) is 25.8 Å². The molecule has 5 nitrogen and oxygen atoms in total. The van der Waals surface area contributed by atoms with Gasteiger partial charge in [0, 0.05) is 31.5 Å². The van der Waals surface area contributed by atoms with Crippen LogP contribution in [0.25, 0.3) is 0 Å². The zero-order valence-electron chi connectivity index (χ0n) is 14.6. The normalized spacial score (nSPS) is 14.9. The fourth-order valence-electron chi connectivity index (χ4n) is 2.38. The molecule has 1 unspecified atom stereocenters. The third-order valence-electron chi connectivity index (χ3n) is 3.78. The molecule has 0 aliphatic carbocycles. The Labute approximate surface area is 153 Å². The summed E-state index contributed by atoms with van der Waals surface area (Å²) in [5.41, 5.74) is 1.02. The lowest BCUT2D eigenvalue weighted by molar-refractivity contribution is -0.170. The van der Waals surface area contributed by atoms with Crippen molar-refractivity contribution in [1.82, 2.24) is 10.0 Å². The first-order valence-corrected chi connectivity index (χ1v) is 9.45. The molecule has 1 aromatic carbocycles. The van der Waals surface area contributed by atoms with E-state index in [1.807, 2.05) is 30.3 Å². The second kappa shape index (κ2) is 9.34. The van der Waals surface area contributed by atoms with Gasteiger partial charge in [0.25, 0.3) is 0 Å². The summed E-state index contributed by atoms with van der Waals surface area (Å²) in [5, 5.41) is 12.9. The summed E-state index contributed by atoms with van der Waals surface area (Å²) < 4.78 is 0. The fraction of sp³-hybridized carbons (Fsp3) is 0.529. The van der Waals surface area contributed by atoms with Crippen molar-refractivity contribution in [2.45, 2.75) is 30.9 Å². The van der Waals surface area contributed by atoms with Crippen molar-refractivity contribution in [3.8, 4) is 0 Å². The van der Waals surface area contributed by atoms with E-state index < -0.39 is 10.8 Å². The number of carbonyl (C=O) groups is 2. The van der Waals surface area contributed by atoms with Crippen LogP contribution in [-0.2, 0) is 15.3 Å². The molecule has 24 heavy (non-hydrogen) atoms. The second-order valence-electron chi connectivity index (χ2n) is 5.80. The first-order valence-electron chi connectivity index (χ1n) is 7.83. The third-order valence-corrected chi connectivity index (χ3v) is 5.92. The van der Waals surface area contributed by atoms with Gasteiger partial charge in [0.05, 0.1) is 0 Å². The second-order valence-corrected chi connectivity index (χ2v) is 7.42. The van der Waals surface area contributed by atoms with Gasteiger partial charge in [-0.15, -0.1) is 11.8 Å². The highest BCUT2D eigenvalue weighted by atomic mass is 32.2. The van der Waals surface area contributed by atoms with E-state index in [0.29, 0.717) is 17.9 Å². The van der Waals surface area contributed by atoms with Gasteiger partial charge in [0.1, 0.15) is 0 Å². The minimum absolute atomic E-state index is 0.236. The van der Waals surface area contributed by atoms with Crippen LogP contribution in [-0.4, -0.2) is 51.7 Å². The van der Waals surface area contributed by atoms with Crippen LogP contribution >= 0.6 is 24.4 Å². The van der Waals surface area contributed by atoms with Crippen LogP contribution in [0.4, 0.5) is 0 Å². The van der Waals surface area contributed by atoms with E-state index in [1.165, 1.54) is 16.8 Å². The average Bonchev–Trinajstić information content (AvgIpc) is 2.57. The van der Waals surface area contributed by atoms with Crippen LogP contribution in [0, 0.1) is 5.92 Å². The van der Waals surface area contributed by atoms with Gasteiger partial charge >= 0.3 is 5.97 Å². The van der Waals surface area contributed by atoms with Crippen LogP contribution in [0.15, 0.2) is 30.3 Å². The van der Waals surface area contributed by atoms with E-state index in [9.17, 15) is 14.7 Å². The maximum atomic E-state index is 12.8. The van der Waals surface area contributed by atoms with Gasteiger partial charge in [-0.2, -0.15) is 12.6 Å². The Morgan fingerprint density at radius 1 is 1.29 bits per heavy atom. The lowest BCUT2D eigenvalue weighted by Gasteiger charge is -2.43. The van der Waals surface area contributed by atoms with Gasteiger partial charge < -0.3 is 5.11 Å². The number of hydrogen-bond acceptors (Lipinski definition) is 5. The van der Waals surface area contributed by atoms with E-state index in [-0.39, 0.29) is 11.8 Å². The molecule has 0 heterocycles. The summed E-state index contributed by atoms with van der Waals surface area (Å²) in [6.45, 7) is 3.55. The molecule has 0 aliphatic rings. The first kappa shape index (κ1) is 20.9. The van der Waals surface area contributed by atoms with E-state index in [0.717, 1.165) is 5.56 Å². The molecule has 0 saturated heterocycles. The predicted octanol–water partition coefficient (Wildman–Crippen LogP) is 2.98. The molecular weight excluding hydrogens is 344 g/mol. The standard InChI is InChI=1S/C17H26N2O3S2/c1-5-17(16(21)22,24-12-14-9-7-6-8-10-14)19(18(3)4)15(20)13(2)11-23/h6-10,13,23H,5,11-12H2,1-4H3,(H,21,22)/t13-,17?/m1/s1. The molecule has 0 saturated carbocycles. The number of nitrogens with zero attached hydrogens (tertiary/aromatic N) is 2. The molecular formula is C17H26N2O3S2. The van der Waals surface area contributed by atoms with Crippen molar-refractivity contribution in [2.24, 2.45) is 5.92 Å². The predicted molar refractivity (Wildman–Crippen MR) is 102 cm³/mol. The number of carboxylic acids is 1. The van der Waals surface area contributed by atoms with Crippen molar-refractivity contribution >= 4 is 36.3 Å². The van der Waals surface area contributed by atoms with Crippen molar-refractivity contribution < 1.29 is 14.7 Å². The summed E-state index contributed by atoms with van der Waals surface area (Å²) >= 11 is 5.45. The number of aliphatic carboxylic acids is 1. The molecule has 0 aliphatic heterocycles. The van der Waals surface area contributed by atoms with Crippen LogP contribution in [0.2, 0.25) is 0 Å². The molecule has 0 spiro atoms. The smallest absolute Gasteiger partial charge is 0.341 e. The van der Waals surface area contributed by atoms with Gasteiger partial charge in [-0.05, 0) is 12.0 Å². The number of thioether (sulfide) groups is 1. The first-order chi connectivity index (χ1) is 11.3. The zero-order valence-corrected chi connectivity index (χ0v) is 16.3. The lowest BCUT2D eigenvalue weighted by Crippen LogP contribution is -2.61. The molecule has 0 aromatic heterocycles. The maximum absolute atomic E-state index is 12.8. The zero-order chi connectivity index (χ0) is 18.3. The van der Waals surface area contributed by atoms with Crippen LogP contribution < -0.4 is 0 Å². The summed E-state index contributed by atoms with van der Waals surface area (Å²) in [6.07, 6.45) is 0.295. The Balaban J connectivity index is 3.19. The number of hydrogen-bond donors (Lipinski definition) is 2. The Bertz CT molecular complexity index is 554. The van der Waals surface area contributed by atoms with E-state index in [4.69, 9.17) is 0 Å². The van der Waals surface area contributed by atoms with Crippen LogP contribution in [0.5, 0.6) is 0 Å². The molecule has 7 heteroatoms. The summed E-state index contributed by atoms with van der Waals surface area (Å²) in [5.74, 6) is -0.739. The fourth-order valence-corrected chi connectivity index (χ4v) is 3.84. The number of carbonyl (C=O) groups excluding carboxylic acids is 1. The monoisotopic (exact) mass is 370 g/mol. The Morgan fingerprint density at radius 3 is 2.29 bits per heavy atom. The minimum Gasteiger partial charge on any atom is -0.479 e. The number of carboxylic acid groups (broad SMARTS) is 1. The lowest BCUT2D eigenvalue weighted by atomic mass is 10.1. The molecule has 0 bridgehead atoms. The number of amides is 1. The SMILES string of the molecule is CCC(SCc1ccccc1)(C(=O)O)N(C(=O)[C@H](C)CS)N(C)C. The molecule has 1 aromatic rings. The molecule has 0 radical (unpaired) electrons. The van der Waals surface area contributed by atoms with Crippen molar-refractivity contribution in [1.29, 1.82) is 0 Å². The van der Waals surface area contributed by atoms with Gasteiger partial charge in [0.2, 0.25) is 10.8 Å². The Morgan fingerprint density at radius 2 is 1.88 bits per heavy atom. The van der Waals surface area contributed by atoms with Gasteiger partial charge in [-0.1, -0.05) is 44.2 Å². The largest absolute Gasteiger partial charge is 0.479 e. The van der Waals surface area contributed by atoms with Gasteiger partial charge in [-0.3, -0.25) is 4.79 Å². The molecule has 0 fully saturated rings. The molecule has 1 rings (SSSR count). The molecule has 1 amide bonds. The third kappa shape index (κ3) is 4.68. The summed E-state index contributed by atoms with van der Waals surface area (Å²) in [4.78, 5) is 23.6. The van der Waals surface area contributed by atoms with E-state index >= 15 is 0 Å². The van der Waals surface area contributed by atoms with Crippen LogP contribution in [0.3, 0.4) is 0 Å². The quantitative estimate of drug-likeness (QED) is 0.398. The van der Waals surface area contributed by atoms with Gasteiger partial charge in [0.15, 0.2) is 0 Å². The van der Waals surface area contributed by atoms with Gasteiger partial charge in [-0.25, -0.2) is 14.8 Å². The number of rotatable bonds is 9. The number of benzene rings is 1. The highest BCUT2D eigenvalue weighted by molar-refractivity contribution is 8.00.